The van der Waals surface area contributed by atoms with Gasteiger partial charge in [0.05, 0.1) is 18.7 Å². The molecule has 0 heterocycles. The van der Waals surface area contributed by atoms with Crippen LogP contribution in [0.2, 0.25) is 0 Å². The molecule has 8 nitrogen and oxygen atoms in total. The number of esters is 2. The number of carbonyl (C=O) groups excluding carboxylic acids is 4. The highest BCUT2D eigenvalue weighted by Crippen LogP contribution is 2.12. The molecule has 164 valence electrons. The summed E-state index contributed by atoms with van der Waals surface area (Å²) in [6.45, 7) is 1.48. The number of anilines is 1. The van der Waals surface area contributed by atoms with Crippen LogP contribution in [0.25, 0.3) is 0 Å². The van der Waals surface area contributed by atoms with Crippen molar-refractivity contribution < 1.29 is 28.7 Å². The van der Waals surface area contributed by atoms with Crippen LogP contribution in [0.5, 0.6) is 0 Å². The van der Waals surface area contributed by atoms with E-state index >= 15 is 0 Å². The number of benzene rings is 2. The van der Waals surface area contributed by atoms with E-state index in [9.17, 15) is 19.2 Å². The van der Waals surface area contributed by atoms with Crippen LogP contribution in [0.15, 0.2) is 54.6 Å². The molecule has 2 aromatic carbocycles. The van der Waals surface area contributed by atoms with Crippen molar-refractivity contribution in [2.45, 2.75) is 32.2 Å². The van der Waals surface area contributed by atoms with Crippen LogP contribution in [0.3, 0.4) is 0 Å². The van der Waals surface area contributed by atoms with Gasteiger partial charge >= 0.3 is 11.9 Å². The van der Waals surface area contributed by atoms with Gasteiger partial charge in [0.15, 0.2) is 6.61 Å². The van der Waals surface area contributed by atoms with Gasteiger partial charge in [-0.2, -0.15) is 0 Å². The molecule has 8 heteroatoms. The number of carbonyl (C=O) groups is 4. The highest BCUT2D eigenvalue weighted by Gasteiger charge is 2.12. The van der Waals surface area contributed by atoms with Crippen molar-refractivity contribution in [3.63, 3.8) is 0 Å². The molecule has 0 aliphatic rings. The quantitative estimate of drug-likeness (QED) is 0.565. The van der Waals surface area contributed by atoms with Crippen LogP contribution in [0, 0.1) is 0 Å². The first kappa shape index (κ1) is 23.6. The van der Waals surface area contributed by atoms with Crippen molar-refractivity contribution >= 4 is 29.4 Å². The van der Waals surface area contributed by atoms with Gasteiger partial charge in [0.2, 0.25) is 5.91 Å². The van der Waals surface area contributed by atoms with Gasteiger partial charge in [-0.3, -0.25) is 14.4 Å². The van der Waals surface area contributed by atoms with Crippen molar-refractivity contribution in [3.05, 3.63) is 65.7 Å². The minimum atomic E-state index is -0.544. The van der Waals surface area contributed by atoms with Crippen molar-refractivity contribution in [1.29, 1.82) is 0 Å². The third-order valence-corrected chi connectivity index (χ3v) is 4.42. The van der Waals surface area contributed by atoms with E-state index in [0.717, 1.165) is 5.56 Å². The van der Waals surface area contributed by atoms with Gasteiger partial charge < -0.3 is 20.1 Å². The Hall–Kier alpha value is -3.68. The largest absolute Gasteiger partial charge is 0.465 e. The molecule has 0 aromatic heterocycles. The fourth-order valence-corrected chi connectivity index (χ4v) is 2.75. The number of hydrogen-bond acceptors (Lipinski definition) is 6. The van der Waals surface area contributed by atoms with Crippen LogP contribution >= 0.6 is 0 Å². The summed E-state index contributed by atoms with van der Waals surface area (Å²) in [4.78, 5) is 47.1. The summed E-state index contributed by atoms with van der Waals surface area (Å²) in [5.41, 5.74) is 1.86. The Balaban J connectivity index is 1.63. The van der Waals surface area contributed by atoms with Crippen molar-refractivity contribution in [2.75, 3.05) is 19.0 Å². The maximum Gasteiger partial charge on any atom is 0.337 e. The van der Waals surface area contributed by atoms with E-state index in [1.807, 2.05) is 37.3 Å². The fraction of sp³-hybridized carbons (Fsp3) is 0.304. The Bertz CT molecular complexity index is 896. The predicted octanol–water partition coefficient (Wildman–Crippen LogP) is 3.00. The van der Waals surface area contributed by atoms with Gasteiger partial charge in [0.1, 0.15) is 0 Å². The summed E-state index contributed by atoms with van der Waals surface area (Å²) < 4.78 is 9.57. The molecule has 0 saturated carbocycles. The van der Waals surface area contributed by atoms with Crippen LogP contribution in [-0.2, 0) is 23.9 Å². The van der Waals surface area contributed by atoms with Crippen LogP contribution in [-0.4, -0.2) is 37.5 Å². The lowest BCUT2D eigenvalue weighted by atomic mass is 10.1. The molecule has 0 saturated heterocycles. The van der Waals surface area contributed by atoms with Crippen LogP contribution in [0.1, 0.15) is 48.1 Å². The maximum absolute atomic E-state index is 12.0. The third kappa shape index (κ3) is 8.30. The van der Waals surface area contributed by atoms with E-state index in [2.05, 4.69) is 15.4 Å². The molecule has 0 aliphatic carbocycles. The maximum atomic E-state index is 12.0. The molecule has 2 rings (SSSR count). The zero-order valence-corrected chi connectivity index (χ0v) is 17.6. The smallest absolute Gasteiger partial charge is 0.337 e. The predicted molar refractivity (Wildman–Crippen MR) is 114 cm³/mol. The van der Waals surface area contributed by atoms with Gasteiger partial charge in [0, 0.05) is 18.5 Å². The standard InChI is InChI=1S/C23H26N2O6/c1-16(17-7-4-3-5-8-17)24-21(27)15-31-22(28)10-6-9-20(26)25-19-13-11-18(12-14-19)23(29)30-2/h3-5,7-8,11-14,16H,6,9-10,15H2,1-2H3,(H,24,27)(H,25,26)/t16-/m0/s1. The number of amides is 2. The molecular formula is C23H26N2O6. The number of rotatable bonds is 10. The number of hydrogen-bond donors (Lipinski definition) is 2. The Kier molecular flexibility index (Phi) is 9.22. The van der Waals surface area contributed by atoms with Crippen molar-refractivity contribution in [2.24, 2.45) is 0 Å². The summed E-state index contributed by atoms with van der Waals surface area (Å²) in [5, 5.41) is 5.44. The van der Waals surface area contributed by atoms with E-state index in [0.29, 0.717) is 11.3 Å². The van der Waals surface area contributed by atoms with E-state index in [1.54, 1.807) is 24.3 Å². The molecular weight excluding hydrogens is 400 g/mol. The van der Waals surface area contributed by atoms with E-state index in [-0.39, 0.29) is 37.8 Å². The lowest BCUT2D eigenvalue weighted by Gasteiger charge is -2.14. The molecule has 2 aromatic rings. The Morgan fingerprint density at radius 2 is 1.58 bits per heavy atom. The van der Waals surface area contributed by atoms with Gasteiger partial charge in [-0.05, 0) is 43.2 Å². The van der Waals surface area contributed by atoms with Crippen molar-refractivity contribution in [3.8, 4) is 0 Å². The first-order valence-corrected chi connectivity index (χ1v) is 9.87. The second-order valence-electron chi connectivity index (χ2n) is 6.83. The van der Waals surface area contributed by atoms with Crippen molar-refractivity contribution in [1.82, 2.24) is 5.32 Å². The van der Waals surface area contributed by atoms with Gasteiger partial charge in [-0.15, -0.1) is 0 Å². The molecule has 0 radical (unpaired) electrons. The Labute approximate surface area is 180 Å². The molecule has 2 N–H and O–H groups in total. The average Bonchev–Trinajstić information content (AvgIpc) is 2.78. The molecule has 2 amide bonds. The summed E-state index contributed by atoms with van der Waals surface area (Å²) in [5.74, 6) is -1.66. The fourth-order valence-electron chi connectivity index (χ4n) is 2.75. The van der Waals surface area contributed by atoms with Crippen LogP contribution < -0.4 is 10.6 Å². The number of methoxy groups -OCH3 is 1. The van der Waals surface area contributed by atoms with Gasteiger partial charge in [-0.1, -0.05) is 30.3 Å². The molecule has 0 spiro atoms. The molecule has 0 fully saturated rings. The highest BCUT2D eigenvalue weighted by molar-refractivity contribution is 5.93. The summed E-state index contributed by atoms with van der Waals surface area (Å²) in [6.07, 6.45) is 0.425. The Morgan fingerprint density at radius 1 is 0.903 bits per heavy atom. The molecule has 31 heavy (non-hydrogen) atoms. The minimum absolute atomic E-state index is 0.0240. The first-order chi connectivity index (χ1) is 14.9. The topological polar surface area (TPSA) is 111 Å². The summed E-state index contributed by atoms with van der Waals surface area (Å²) in [7, 11) is 1.29. The second-order valence-corrected chi connectivity index (χ2v) is 6.83. The van der Waals surface area contributed by atoms with E-state index in [4.69, 9.17) is 4.74 Å². The minimum Gasteiger partial charge on any atom is -0.465 e. The summed E-state index contributed by atoms with van der Waals surface area (Å²) >= 11 is 0. The van der Waals surface area contributed by atoms with E-state index in [1.165, 1.54) is 7.11 Å². The molecule has 0 unspecified atom stereocenters. The zero-order chi connectivity index (χ0) is 22.6. The SMILES string of the molecule is COC(=O)c1ccc(NC(=O)CCCC(=O)OCC(=O)N[C@@H](C)c2ccccc2)cc1. The van der Waals surface area contributed by atoms with Gasteiger partial charge in [0.25, 0.3) is 5.91 Å². The number of ether oxygens (including phenoxy) is 2. The third-order valence-electron chi connectivity index (χ3n) is 4.42. The first-order valence-electron chi connectivity index (χ1n) is 9.87. The second kappa shape index (κ2) is 12.1. The zero-order valence-electron chi connectivity index (χ0n) is 17.6. The van der Waals surface area contributed by atoms with Crippen LogP contribution in [0.4, 0.5) is 5.69 Å². The van der Waals surface area contributed by atoms with Gasteiger partial charge in [-0.25, -0.2) is 4.79 Å². The average molecular weight is 426 g/mol. The monoisotopic (exact) mass is 426 g/mol. The number of nitrogens with one attached hydrogen (secondary N) is 2. The lowest BCUT2D eigenvalue weighted by molar-refractivity contribution is -0.148. The highest BCUT2D eigenvalue weighted by atomic mass is 16.5. The Morgan fingerprint density at radius 3 is 2.23 bits per heavy atom. The molecule has 0 bridgehead atoms. The summed E-state index contributed by atoms with van der Waals surface area (Å²) in [6, 6.07) is 15.5. The molecule has 0 aliphatic heterocycles. The van der Waals surface area contributed by atoms with E-state index < -0.39 is 17.8 Å². The normalized spacial score (nSPS) is 11.2. The molecule has 1 atom stereocenters. The lowest BCUT2D eigenvalue weighted by Crippen LogP contribution is -2.31.